The lowest BCUT2D eigenvalue weighted by atomic mass is 9.65. The zero-order chi connectivity index (χ0) is 12.1. The van der Waals surface area contributed by atoms with Crippen molar-refractivity contribution in [3.8, 4) is 0 Å². The second-order valence-electron chi connectivity index (χ2n) is 5.41. The van der Waals surface area contributed by atoms with Gasteiger partial charge in [-0.2, -0.15) is 5.10 Å². The van der Waals surface area contributed by atoms with Crippen LogP contribution < -0.4 is 5.32 Å². The van der Waals surface area contributed by atoms with Gasteiger partial charge >= 0.3 is 0 Å². The molecule has 96 valence electrons. The summed E-state index contributed by atoms with van der Waals surface area (Å²) in [5, 5.41) is 7.96. The molecule has 3 nitrogen and oxygen atoms in total. The van der Waals surface area contributed by atoms with E-state index in [-0.39, 0.29) is 0 Å². The second kappa shape index (κ2) is 5.67. The fraction of sp³-hybridized carbons (Fsp3) is 0.786. The Labute approximate surface area is 105 Å². The minimum atomic E-state index is 0.525. The summed E-state index contributed by atoms with van der Waals surface area (Å²) in [6.45, 7) is 7.67. The summed E-state index contributed by atoms with van der Waals surface area (Å²) in [5.41, 5.74) is 1.93. The van der Waals surface area contributed by atoms with Gasteiger partial charge in [-0.15, -0.1) is 0 Å². The van der Waals surface area contributed by atoms with E-state index in [4.69, 9.17) is 0 Å². The zero-order valence-electron chi connectivity index (χ0n) is 11.2. The van der Waals surface area contributed by atoms with E-state index in [0.717, 1.165) is 13.1 Å². The average molecular weight is 235 g/mol. The molecule has 1 N–H and O–H groups in total. The first kappa shape index (κ1) is 12.6. The van der Waals surface area contributed by atoms with E-state index in [9.17, 15) is 0 Å². The van der Waals surface area contributed by atoms with E-state index in [0.29, 0.717) is 5.41 Å². The normalized spacial score (nSPS) is 18.0. The molecule has 1 aliphatic carbocycles. The maximum atomic E-state index is 4.37. The van der Waals surface area contributed by atoms with Gasteiger partial charge in [0.2, 0.25) is 0 Å². The molecule has 0 spiro atoms. The van der Waals surface area contributed by atoms with Crippen LogP contribution in [0.2, 0.25) is 0 Å². The third-order valence-corrected chi connectivity index (χ3v) is 3.93. The van der Waals surface area contributed by atoms with Crippen molar-refractivity contribution < 1.29 is 0 Å². The molecule has 1 aromatic rings. The van der Waals surface area contributed by atoms with E-state index in [1.54, 1.807) is 0 Å². The van der Waals surface area contributed by atoms with Crippen LogP contribution in [0.15, 0.2) is 12.4 Å². The van der Waals surface area contributed by atoms with Gasteiger partial charge in [-0.25, -0.2) is 0 Å². The van der Waals surface area contributed by atoms with E-state index in [1.165, 1.54) is 44.2 Å². The van der Waals surface area contributed by atoms with E-state index < -0.39 is 0 Å². The number of hydrogen-bond acceptors (Lipinski definition) is 2. The first-order chi connectivity index (χ1) is 8.28. The van der Waals surface area contributed by atoms with Crippen LogP contribution >= 0.6 is 0 Å². The van der Waals surface area contributed by atoms with Crippen molar-refractivity contribution in [3.05, 3.63) is 18.0 Å². The molecule has 3 heteroatoms. The molecule has 1 fully saturated rings. The van der Waals surface area contributed by atoms with Crippen LogP contribution in [0.4, 0.5) is 0 Å². The van der Waals surface area contributed by atoms with Crippen molar-refractivity contribution in [2.75, 3.05) is 13.1 Å². The van der Waals surface area contributed by atoms with Crippen LogP contribution in [0.25, 0.3) is 0 Å². The summed E-state index contributed by atoms with van der Waals surface area (Å²) in [6, 6.07) is 0. The Balaban J connectivity index is 1.89. The van der Waals surface area contributed by atoms with Gasteiger partial charge in [-0.3, -0.25) is 4.68 Å². The van der Waals surface area contributed by atoms with Crippen LogP contribution in [-0.2, 0) is 13.0 Å². The highest BCUT2D eigenvalue weighted by Gasteiger charge is 2.36. The predicted molar refractivity (Wildman–Crippen MR) is 71.0 cm³/mol. The number of aromatic nitrogens is 2. The standard InChI is InChI=1S/C14H25N3/c1-3-8-15-12-14(6-5-7-14)9-13-10-16-17(4-2)11-13/h10-11,15H,3-9,12H2,1-2H3. The largest absolute Gasteiger partial charge is 0.316 e. The fourth-order valence-corrected chi connectivity index (χ4v) is 2.73. The van der Waals surface area contributed by atoms with Gasteiger partial charge in [0.1, 0.15) is 0 Å². The van der Waals surface area contributed by atoms with Crippen LogP contribution in [0, 0.1) is 5.41 Å². The van der Waals surface area contributed by atoms with E-state index in [1.807, 2.05) is 10.9 Å². The number of nitrogens with zero attached hydrogens (tertiary/aromatic N) is 2. The second-order valence-corrected chi connectivity index (χ2v) is 5.41. The van der Waals surface area contributed by atoms with Gasteiger partial charge in [0, 0.05) is 19.3 Å². The molecule has 0 amide bonds. The summed E-state index contributed by atoms with van der Waals surface area (Å²) in [5.74, 6) is 0. The maximum Gasteiger partial charge on any atom is 0.0521 e. The minimum absolute atomic E-state index is 0.525. The highest BCUT2D eigenvalue weighted by atomic mass is 15.3. The molecule has 1 heterocycles. The summed E-state index contributed by atoms with van der Waals surface area (Å²) in [6.07, 6.45) is 10.8. The van der Waals surface area contributed by atoms with Crippen LogP contribution in [-0.4, -0.2) is 22.9 Å². The Kier molecular flexibility index (Phi) is 4.21. The van der Waals surface area contributed by atoms with Crippen molar-refractivity contribution in [3.63, 3.8) is 0 Å². The predicted octanol–water partition coefficient (Wildman–Crippen LogP) is 2.62. The molecule has 0 radical (unpaired) electrons. The molecular weight excluding hydrogens is 210 g/mol. The Hall–Kier alpha value is -0.830. The van der Waals surface area contributed by atoms with Crippen molar-refractivity contribution in [1.29, 1.82) is 0 Å². The topological polar surface area (TPSA) is 29.9 Å². The molecule has 17 heavy (non-hydrogen) atoms. The van der Waals surface area contributed by atoms with Gasteiger partial charge < -0.3 is 5.32 Å². The van der Waals surface area contributed by atoms with Crippen LogP contribution in [0.3, 0.4) is 0 Å². The quantitative estimate of drug-likeness (QED) is 0.736. The maximum absolute atomic E-state index is 4.37. The Morgan fingerprint density at radius 3 is 2.76 bits per heavy atom. The van der Waals surface area contributed by atoms with E-state index in [2.05, 4.69) is 30.5 Å². The van der Waals surface area contributed by atoms with Crippen molar-refractivity contribution in [2.24, 2.45) is 5.41 Å². The smallest absolute Gasteiger partial charge is 0.0521 e. The minimum Gasteiger partial charge on any atom is -0.316 e. The zero-order valence-corrected chi connectivity index (χ0v) is 11.2. The average Bonchev–Trinajstić information content (AvgIpc) is 2.73. The van der Waals surface area contributed by atoms with Crippen LogP contribution in [0.1, 0.15) is 45.1 Å². The third kappa shape index (κ3) is 3.09. The highest BCUT2D eigenvalue weighted by molar-refractivity contribution is 5.10. The highest BCUT2D eigenvalue weighted by Crippen LogP contribution is 2.43. The summed E-state index contributed by atoms with van der Waals surface area (Å²) in [4.78, 5) is 0. The first-order valence-electron chi connectivity index (χ1n) is 7.00. The molecule has 0 aliphatic heterocycles. The Morgan fingerprint density at radius 1 is 1.41 bits per heavy atom. The summed E-state index contributed by atoms with van der Waals surface area (Å²) < 4.78 is 2.03. The Morgan fingerprint density at radius 2 is 2.24 bits per heavy atom. The molecule has 0 atom stereocenters. The molecule has 2 rings (SSSR count). The third-order valence-electron chi connectivity index (χ3n) is 3.93. The molecule has 0 unspecified atom stereocenters. The molecule has 1 aromatic heterocycles. The lowest BCUT2D eigenvalue weighted by molar-refractivity contribution is 0.130. The van der Waals surface area contributed by atoms with Crippen molar-refractivity contribution in [1.82, 2.24) is 15.1 Å². The summed E-state index contributed by atoms with van der Waals surface area (Å²) in [7, 11) is 0. The van der Waals surface area contributed by atoms with Crippen LogP contribution in [0.5, 0.6) is 0 Å². The number of hydrogen-bond donors (Lipinski definition) is 1. The lowest BCUT2D eigenvalue weighted by Crippen LogP contribution is -2.41. The van der Waals surface area contributed by atoms with Gasteiger partial charge in [-0.05, 0) is 50.1 Å². The number of nitrogens with one attached hydrogen (secondary N) is 1. The Bertz CT molecular complexity index is 339. The SMILES string of the molecule is CCCNCC1(Cc2cnn(CC)c2)CCC1. The molecule has 1 aliphatic rings. The molecule has 0 saturated heterocycles. The number of aryl methyl sites for hydroxylation is 1. The van der Waals surface area contributed by atoms with Crippen molar-refractivity contribution in [2.45, 2.75) is 52.5 Å². The monoisotopic (exact) mass is 235 g/mol. The van der Waals surface area contributed by atoms with E-state index >= 15 is 0 Å². The van der Waals surface area contributed by atoms with Gasteiger partial charge in [0.15, 0.2) is 0 Å². The number of rotatable bonds is 7. The molecular formula is C14H25N3. The fourth-order valence-electron chi connectivity index (χ4n) is 2.73. The lowest BCUT2D eigenvalue weighted by Gasteiger charge is -2.42. The van der Waals surface area contributed by atoms with Gasteiger partial charge in [-0.1, -0.05) is 13.3 Å². The van der Waals surface area contributed by atoms with Gasteiger partial charge in [0.05, 0.1) is 6.20 Å². The first-order valence-corrected chi connectivity index (χ1v) is 7.00. The van der Waals surface area contributed by atoms with Crippen molar-refractivity contribution >= 4 is 0 Å². The molecule has 1 saturated carbocycles. The van der Waals surface area contributed by atoms with Gasteiger partial charge in [0.25, 0.3) is 0 Å². The molecule has 0 bridgehead atoms. The summed E-state index contributed by atoms with van der Waals surface area (Å²) >= 11 is 0. The molecule has 0 aromatic carbocycles.